The number of halogens is 2. The van der Waals surface area contributed by atoms with Crippen LogP contribution in [0.2, 0.25) is 0 Å². The number of rotatable bonds is 3. The van der Waals surface area contributed by atoms with E-state index in [1.165, 1.54) is 48.3 Å². The molecule has 0 atom stereocenters. The molecule has 21 heavy (non-hydrogen) atoms. The van der Waals surface area contributed by atoms with Gasteiger partial charge in [-0.1, -0.05) is 19.3 Å². The summed E-state index contributed by atoms with van der Waals surface area (Å²) in [6, 6.07) is -0.877. The second kappa shape index (κ2) is 5.87. The zero-order valence-corrected chi connectivity index (χ0v) is 12.5. The van der Waals surface area contributed by atoms with E-state index in [-0.39, 0.29) is 12.8 Å². The van der Waals surface area contributed by atoms with Gasteiger partial charge in [-0.3, -0.25) is 5.32 Å². The first-order valence-electron chi connectivity index (χ1n) is 7.43. The van der Waals surface area contributed by atoms with Gasteiger partial charge in [0.1, 0.15) is 0 Å². The lowest BCUT2D eigenvalue weighted by atomic mass is 9.88. The fourth-order valence-corrected chi connectivity index (χ4v) is 3.98. The first-order valence-corrected chi connectivity index (χ1v) is 8.24. The van der Waals surface area contributed by atoms with Crippen molar-refractivity contribution in [2.45, 2.75) is 62.8 Å². The molecule has 0 bridgehead atoms. The van der Waals surface area contributed by atoms with Gasteiger partial charge in [0.15, 0.2) is 5.13 Å². The number of nitrogens with one attached hydrogen (secondary N) is 2. The van der Waals surface area contributed by atoms with Crippen LogP contribution in [0.1, 0.15) is 55.7 Å². The van der Waals surface area contributed by atoms with Crippen LogP contribution in [0.5, 0.6) is 0 Å². The Morgan fingerprint density at radius 2 is 2.00 bits per heavy atom. The fraction of sp³-hybridized carbons (Fsp3) is 0.714. The average Bonchev–Trinajstić information content (AvgIpc) is 2.86. The molecule has 2 aliphatic rings. The van der Waals surface area contributed by atoms with Crippen LogP contribution in [-0.2, 0) is 0 Å². The molecule has 0 aromatic carbocycles. The summed E-state index contributed by atoms with van der Waals surface area (Å²) in [5.41, 5.74) is 0. The van der Waals surface area contributed by atoms with Crippen molar-refractivity contribution in [2.24, 2.45) is 0 Å². The number of hydrogen-bond acceptors (Lipinski definition) is 3. The van der Waals surface area contributed by atoms with Gasteiger partial charge in [0, 0.05) is 30.0 Å². The van der Waals surface area contributed by atoms with Gasteiger partial charge in [0.25, 0.3) is 5.92 Å². The predicted molar refractivity (Wildman–Crippen MR) is 78.1 cm³/mol. The van der Waals surface area contributed by atoms with Crippen LogP contribution < -0.4 is 10.6 Å². The summed E-state index contributed by atoms with van der Waals surface area (Å²) in [5, 5.41) is 5.73. The minimum absolute atomic E-state index is 0.272. The highest BCUT2D eigenvalue weighted by molar-refractivity contribution is 7.15. The average molecular weight is 315 g/mol. The van der Waals surface area contributed by atoms with E-state index in [1.54, 1.807) is 0 Å². The van der Waals surface area contributed by atoms with Crippen LogP contribution >= 0.6 is 11.3 Å². The molecule has 0 saturated heterocycles. The molecule has 7 heteroatoms. The number of carbonyl (C=O) groups excluding carboxylic acids is 1. The second-order valence-electron chi connectivity index (χ2n) is 5.96. The normalized spacial score (nSPS) is 22.6. The number of carbonyl (C=O) groups is 1. The summed E-state index contributed by atoms with van der Waals surface area (Å²) in [4.78, 5) is 17.1. The number of urea groups is 1. The largest absolute Gasteiger partial charge is 0.335 e. The third-order valence-corrected chi connectivity index (χ3v) is 5.25. The lowest BCUT2D eigenvalue weighted by Gasteiger charge is -2.35. The Balaban J connectivity index is 1.49. The molecule has 2 fully saturated rings. The molecule has 1 aromatic rings. The van der Waals surface area contributed by atoms with Gasteiger partial charge < -0.3 is 5.32 Å². The molecule has 0 unspecified atom stereocenters. The van der Waals surface area contributed by atoms with E-state index in [9.17, 15) is 13.6 Å². The molecule has 2 N–H and O–H groups in total. The Kier molecular flexibility index (Phi) is 4.10. The van der Waals surface area contributed by atoms with Crippen molar-refractivity contribution in [3.05, 3.63) is 11.1 Å². The molecular formula is C14H19F2N3OS. The van der Waals surface area contributed by atoms with E-state index in [0.29, 0.717) is 11.0 Å². The first-order chi connectivity index (χ1) is 10.0. The van der Waals surface area contributed by atoms with Gasteiger partial charge in [0.05, 0.1) is 0 Å². The summed E-state index contributed by atoms with van der Waals surface area (Å²) in [5.74, 6) is -2.06. The van der Waals surface area contributed by atoms with E-state index >= 15 is 0 Å². The molecular weight excluding hydrogens is 296 g/mol. The summed E-state index contributed by atoms with van der Waals surface area (Å²) < 4.78 is 25.4. The van der Waals surface area contributed by atoms with E-state index in [4.69, 9.17) is 0 Å². The van der Waals surface area contributed by atoms with Crippen LogP contribution in [-0.4, -0.2) is 23.0 Å². The van der Waals surface area contributed by atoms with Gasteiger partial charge >= 0.3 is 6.03 Å². The Labute approximate surface area is 126 Å². The molecule has 1 heterocycles. The van der Waals surface area contributed by atoms with Crippen molar-refractivity contribution in [1.29, 1.82) is 0 Å². The highest BCUT2D eigenvalue weighted by Crippen LogP contribution is 2.38. The topological polar surface area (TPSA) is 54.0 Å². The smallest absolute Gasteiger partial charge is 0.321 e. The molecule has 3 rings (SSSR count). The summed E-state index contributed by atoms with van der Waals surface area (Å²) >= 11 is 1.49. The molecule has 0 aliphatic heterocycles. The minimum atomic E-state index is -2.62. The van der Waals surface area contributed by atoms with E-state index in [2.05, 4.69) is 15.6 Å². The number of nitrogens with zero attached hydrogens (tertiary/aromatic N) is 1. The number of alkyl halides is 2. The maximum atomic E-state index is 12.7. The van der Waals surface area contributed by atoms with Gasteiger partial charge in [-0.25, -0.2) is 18.6 Å². The maximum Gasteiger partial charge on any atom is 0.321 e. The first kappa shape index (κ1) is 14.7. The number of hydrogen-bond donors (Lipinski definition) is 2. The molecule has 116 valence electrons. The summed E-state index contributed by atoms with van der Waals surface area (Å²) in [6.07, 6.45) is 7.46. The van der Waals surface area contributed by atoms with Crippen LogP contribution in [0, 0.1) is 0 Å². The number of aromatic nitrogens is 1. The molecule has 1 aromatic heterocycles. The Hall–Kier alpha value is -1.24. The number of amides is 2. The van der Waals surface area contributed by atoms with Crippen molar-refractivity contribution in [3.63, 3.8) is 0 Å². The Bertz CT molecular complexity index is 506. The molecule has 0 spiro atoms. The van der Waals surface area contributed by atoms with Crippen LogP contribution in [0.15, 0.2) is 6.20 Å². The van der Waals surface area contributed by atoms with Crippen LogP contribution in [0.4, 0.5) is 18.7 Å². The summed E-state index contributed by atoms with van der Waals surface area (Å²) in [6.45, 7) is 0. The van der Waals surface area contributed by atoms with E-state index < -0.39 is 18.0 Å². The van der Waals surface area contributed by atoms with Gasteiger partial charge in [-0.15, -0.1) is 11.3 Å². The zero-order chi connectivity index (χ0) is 14.9. The molecule has 2 saturated carbocycles. The van der Waals surface area contributed by atoms with Crippen LogP contribution in [0.25, 0.3) is 0 Å². The second-order valence-corrected chi connectivity index (χ2v) is 7.02. The predicted octanol–water partition coefficient (Wildman–Crippen LogP) is 4.11. The third kappa shape index (κ3) is 3.70. The van der Waals surface area contributed by atoms with Gasteiger partial charge in [-0.05, 0) is 18.8 Å². The Morgan fingerprint density at radius 3 is 2.67 bits per heavy atom. The van der Waals surface area contributed by atoms with Gasteiger partial charge in [-0.2, -0.15) is 0 Å². The van der Waals surface area contributed by atoms with Gasteiger partial charge in [0.2, 0.25) is 0 Å². The van der Waals surface area contributed by atoms with Crippen molar-refractivity contribution in [2.75, 3.05) is 5.32 Å². The minimum Gasteiger partial charge on any atom is -0.335 e. The van der Waals surface area contributed by atoms with Crippen molar-refractivity contribution < 1.29 is 13.6 Å². The molecule has 2 aliphatic carbocycles. The fourth-order valence-electron chi connectivity index (χ4n) is 3.00. The van der Waals surface area contributed by atoms with Crippen molar-refractivity contribution >= 4 is 22.5 Å². The van der Waals surface area contributed by atoms with Crippen LogP contribution in [0.3, 0.4) is 0 Å². The highest BCUT2D eigenvalue weighted by Gasteiger charge is 2.45. The monoisotopic (exact) mass is 315 g/mol. The van der Waals surface area contributed by atoms with Crippen molar-refractivity contribution in [1.82, 2.24) is 10.3 Å². The lowest BCUT2D eigenvalue weighted by Crippen LogP contribution is -2.51. The molecule has 4 nitrogen and oxygen atoms in total. The summed E-state index contributed by atoms with van der Waals surface area (Å²) in [7, 11) is 0. The van der Waals surface area contributed by atoms with E-state index in [1.807, 2.05) is 6.20 Å². The SMILES string of the molecule is O=C(Nc1ncc(C2CCCCC2)s1)NC1CC(F)(F)C1. The standard InChI is InChI=1S/C14H19F2N3OS/c15-14(16)6-10(7-14)18-12(20)19-13-17-8-11(21-13)9-4-2-1-3-5-9/h8-10H,1-7H2,(H2,17,18,19,20). The number of anilines is 1. The molecule has 2 amide bonds. The maximum absolute atomic E-state index is 12.7. The van der Waals surface area contributed by atoms with Crippen molar-refractivity contribution in [3.8, 4) is 0 Å². The highest BCUT2D eigenvalue weighted by atomic mass is 32.1. The van der Waals surface area contributed by atoms with E-state index in [0.717, 1.165) is 0 Å². The Morgan fingerprint density at radius 1 is 1.29 bits per heavy atom. The zero-order valence-electron chi connectivity index (χ0n) is 11.7. The lowest BCUT2D eigenvalue weighted by molar-refractivity contribution is -0.0893. The molecule has 0 radical (unpaired) electrons. The third-order valence-electron chi connectivity index (χ3n) is 4.18. The number of thiazole rings is 1. The quantitative estimate of drug-likeness (QED) is 0.882.